The van der Waals surface area contributed by atoms with Crippen LogP contribution in [0.5, 0.6) is 0 Å². The van der Waals surface area contributed by atoms with Gasteiger partial charge in [0.2, 0.25) is 0 Å². The molecule has 0 radical (unpaired) electrons. The standard InChI is InChI=1S/C27H18F6IN3/c28-26(29,30)14-8-10-21(35)19(12-14)25(34,20-13-15(27(31,32)33)9-11-22(20)36)18-6-3-5-17-16-4-1-2-7-23(16)37-24(17)18/h1-13,37H,35-36H2. The molecule has 0 unspecified atom stereocenters. The molecular weight excluding hydrogens is 607 g/mol. The number of anilines is 2. The SMILES string of the molecule is Nc1ccc(C(F)(F)F)cc1C(I)(c1cc(C(F)(F)F)ccc1N)c1cccc2c1[nH]c1ccccc12. The van der Waals surface area contributed by atoms with Crippen LogP contribution < -0.4 is 11.5 Å². The smallest absolute Gasteiger partial charge is 0.398 e. The summed E-state index contributed by atoms with van der Waals surface area (Å²) in [5, 5.41) is 1.61. The van der Waals surface area contributed by atoms with Crippen LogP contribution in [0.3, 0.4) is 0 Å². The second-order valence-corrected chi connectivity index (χ2v) is 10.3. The Bertz CT molecular complexity index is 1590. The van der Waals surface area contributed by atoms with Crippen molar-refractivity contribution in [3.8, 4) is 0 Å². The fraction of sp³-hybridized carbons (Fsp3) is 0.111. The third-order valence-electron chi connectivity index (χ3n) is 6.42. The van der Waals surface area contributed by atoms with Crippen molar-refractivity contribution >= 4 is 55.8 Å². The second kappa shape index (κ2) is 8.57. The van der Waals surface area contributed by atoms with Crippen molar-refractivity contribution in [3.05, 3.63) is 107 Å². The summed E-state index contributed by atoms with van der Waals surface area (Å²) >= 11 is 1.87. The number of halogens is 7. The fourth-order valence-electron chi connectivity index (χ4n) is 4.66. The third kappa shape index (κ3) is 4.16. The normalized spacial score (nSPS) is 12.9. The average Bonchev–Trinajstić information content (AvgIpc) is 3.21. The molecule has 0 bridgehead atoms. The molecule has 0 aliphatic heterocycles. The molecule has 5 rings (SSSR count). The molecule has 37 heavy (non-hydrogen) atoms. The summed E-state index contributed by atoms with van der Waals surface area (Å²) in [6.45, 7) is 0. The van der Waals surface area contributed by atoms with E-state index in [4.69, 9.17) is 11.5 Å². The number of nitrogens with two attached hydrogens (primary N) is 2. The van der Waals surface area contributed by atoms with Gasteiger partial charge in [-0.3, -0.25) is 0 Å². The van der Waals surface area contributed by atoms with Gasteiger partial charge >= 0.3 is 12.4 Å². The predicted octanol–water partition coefficient (Wildman–Crippen LogP) is 8.25. The highest BCUT2D eigenvalue weighted by Gasteiger charge is 2.42. The lowest BCUT2D eigenvalue weighted by Gasteiger charge is -2.33. The Labute approximate surface area is 220 Å². The van der Waals surface area contributed by atoms with Crippen molar-refractivity contribution in [1.82, 2.24) is 4.98 Å². The number of fused-ring (bicyclic) bond motifs is 3. The molecule has 0 aliphatic rings. The van der Waals surface area contributed by atoms with Crippen LogP contribution in [0.2, 0.25) is 0 Å². The third-order valence-corrected chi connectivity index (χ3v) is 8.16. The van der Waals surface area contributed by atoms with E-state index in [-0.39, 0.29) is 22.5 Å². The maximum Gasteiger partial charge on any atom is 0.416 e. The molecule has 1 aromatic heterocycles. The van der Waals surface area contributed by atoms with Crippen LogP contribution in [0.15, 0.2) is 78.9 Å². The van der Waals surface area contributed by atoms with E-state index in [0.717, 1.165) is 52.7 Å². The van der Waals surface area contributed by atoms with E-state index >= 15 is 0 Å². The van der Waals surface area contributed by atoms with E-state index in [1.54, 1.807) is 12.1 Å². The van der Waals surface area contributed by atoms with Crippen molar-refractivity contribution in [2.45, 2.75) is 15.8 Å². The summed E-state index contributed by atoms with van der Waals surface area (Å²) in [6.07, 6.45) is -9.40. The Hall–Kier alpha value is -3.41. The highest BCUT2D eigenvalue weighted by molar-refractivity contribution is 14.1. The minimum Gasteiger partial charge on any atom is -0.398 e. The van der Waals surface area contributed by atoms with E-state index in [9.17, 15) is 26.3 Å². The quantitative estimate of drug-likeness (QED) is 0.0622. The number of aromatic amines is 1. The zero-order valence-corrected chi connectivity index (χ0v) is 21.0. The van der Waals surface area contributed by atoms with Gasteiger partial charge in [0.15, 0.2) is 0 Å². The lowest BCUT2D eigenvalue weighted by atomic mass is 9.81. The zero-order chi connectivity index (χ0) is 26.8. The molecule has 10 heteroatoms. The Morgan fingerprint density at radius 2 is 1.11 bits per heavy atom. The van der Waals surface area contributed by atoms with Crippen LogP contribution in [-0.2, 0) is 15.8 Å². The van der Waals surface area contributed by atoms with Gasteiger partial charge in [-0.15, -0.1) is 0 Å². The number of H-pyrrole nitrogens is 1. The topological polar surface area (TPSA) is 67.8 Å². The van der Waals surface area contributed by atoms with Gasteiger partial charge in [0.05, 0.1) is 16.6 Å². The summed E-state index contributed by atoms with van der Waals surface area (Å²) in [5.74, 6) is 0. The first-order chi connectivity index (χ1) is 17.3. The molecule has 0 atom stereocenters. The van der Waals surface area contributed by atoms with Crippen molar-refractivity contribution in [2.24, 2.45) is 0 Å². The van der Waals surface area contributed by atoms with Gasteiger partial charge in [0, 0.05) is 44.4 Å². The number of aromatic nitrogens is 1. The van der Waals surface area contributed by atoms with Gasteiger partial charge in [-0.2, -0.15) is 26.3 Å². The maximum atomic E-state index is 13.8. The van der Waals surface area contributed by atoms with Crippen molar-refractivity contribution in [2.75, 3.05) is 11.5 Å². The number of benzene rings is 4. The molecule has 1 heterocycles. The second-order valence-electron chi connectivity index (χ2n) is 8.66. The largest absolute Gasteiger partial charge is 0.416 e. The molecule has 0 aliphatic carbocycles. The van der Waals surface area contributed by atoms with Gasteiger partial charge in [0.1, 0.15) is 3.42 Å². The van der Waals surface area contributed by atoms with E-state index < -0.39 is 26.9 Å². The minimum absolute atomic E-state index is 0.0210. The summed E-state index contributed by atoms with van der Waals surface area (Å²) in [6, 6.07) is 18.2. The molecule has 4 aromatic carbocycles. The molecule has 3 nitrogen and oxygen atoms in total. The Balaban J connectivity index is 1.93. The highest BCUT2D eigenvalue weighted by Crippen LogP contribution is 2.53. The van der Waals surface area contributed by atoms with Crippen LogP contribution in [0.4, 0.5) is 37.7 Å². The summed E-state index contributed by atoms with van der Waals surface area (Å²) in [4.78, 5) is 3.29. The lowest BCUT2D eigenvalue weighted by molar-refractivity contribution is -0.138. The predicted molar refractivity (Wildman–Crippen MR) is 141 cm³/mol. The molecule has 5 N–H and O–H groups in total. The van der Waals surface area contributed by atoms with E-state index in [1.165, 1.54) is 0 Å². The summed E-state index contributed by atoms with van der Waals surface area (Å²) in [5.41, 5.74) is 12.2. The van der Waals surface area contributed by atoms with Gasteiger partial charge < -0.3 is 16.5 Å². The molecule has 0 saturated carbocycles. The number of rotatable bonds is 3. The molecule has 0 saturated heterocycles. The van der Waals surface area contributed by atoms with Gasteiger partial charge in [0.25, 0.3) is 0 Å². The average molecular weight is 625 g/mol. The minimum atomic E-state index is -4.70. The molecule has 190 valence electrons. The molecule has 5 aromatic rings. The number of nitrogens with one attached hydrogen (secondary N) is 1. The Morgan fingerprint density at radius 1 is 0.595 bits per heavy atom. The van der Waals surface area contributed by atoms with Gasteiger partial charge in [-0.25, -0.2) is 0 Å². The van der Waals surface area contributed by atoms with Crippen LogP contribution >= 0.6 is 22.6 Å². The van der Waals surface area contributed by atoms with Crippen molar-refractivity contribution in [1.29, 1.82) is 0 Å². The monoisotopic (exact) mass is 625 g/mol. The number of nitrogen functional groups attached to an aromatic ring is 2. The van der Waals surface area contributed by atoms with E-state index in [2.05, 4.69) is 4.98 Å². The number of hydrogen-bond donors (Lipinski definition) is 3. The van der Waals surface area contributed by atoms with E-state index in [0.29, 0.717) is 11.1 Å². The molecule has 0 amide bonds. The van der Waals surface area contributed by atoms with Crippen LogP contribution in [0.1, 0.15) is 27.8 Å². The first-order valence-electron chi connectivity index (χ1n) is 10.9. The van der Waals surface area contributed by atoms with Gasteiger partial charge in [-0.1, -0.05) is 59.0 Å². The van der Waals surface area contributed by atoms with Crippen LogP contribution in [0.25, 0.3) is 21.8 Å². The van der Waals surface area contributed by atoms with Gasteiger partial charge in [-0.05, 0) is 42.5 Å². The number of alkyl halides is 7. The molecule has 0 spiro atoms. The first-order valence-corrected chi connectivity index (χ1v) is 12.0. The molecule has 0 fully saturated rings. The fourth-order valence-corrected chi connectivity index (χ4v) is 6.04. The van der Waals surface area contributed by atoms with Crippen LogP contribution in [0, 0.1) is 0 Å². The Kier molecular flexibility index (Phi) is 5.85. The highest BCUT2D eigenvalue weighted by atomic mass is 127. The van der Waals surface area contributed by atoms with Crippen molar-refractivity contribution < 1.29 is 26.3 Å². The first kappa shape index (κ1) is 25.2. The number of hydrogen-bond acceptors (Lipinski definition) is 2. The maximum absolute atomic E-state index is 13.8. The Morgan fingerprint density at radius 3 is 1.65 bits per heavy atom. The van der Waals surface area contributed by atoms with E-state index in [1.807, 2.05) is 52.9 Å². The summed E-state index contributed by atoms with van der Waals surface area (Å²) in [7, 11) is 0. The number of para-hydroxylation sites is 2. The summed E-state index contributed by atoms with van der Waals surface area (Å²) < 4.78 is 80.9. The lowest BCUT2D eigenvalue weighted by Crippen LogP contribution is -2.26. The molecular formula is C27H18F6IN3. The zero-order valence-electron chi connectivity index (χ0n) is 18.8. The van der Waals surface area contributed by atoms with Crippen molar-refractivity contribution in [3.63, 3.8) is 0 Å². The van der Waals surface area contributed by atoms with Crippen LogP contribution in [-0.4, -0.2) is 4.98 Å².